The van der Waals surface area contributed by atoms with Crippen molar-refractivity contribution in [1.29, 1.82) is 5.26 Å². The van der Waals surface area contributed by atoms with Crippen LogP contribution in [0.3, 0.4) is 0 Å². The van der Waals surface area contributed by atoms with E-state index in [1.54, 1.807) is 36.4 Å². The van der Waals surface area contributed by atoms with Gasteiger partial charge in [-0.1, -0.05) is 23.2 Å². The summed E-state index contributed by atoms with van der Waals surface area (Å²) in [7, 11) is 1.92. The van der Waals surface area contributed by atoms with E-state index in [4.69, 9.17) is 21.6 Å². The Morgan fingerprint density at radius 1 is 1.20 bits per heavy atom. The van der Waals surface area contributed by atoms with Crippen LogP contribution in [-0.2, 0) is 0 Å². The maximum absolute atomic E-state index is 12.5. The third-order valence-corrected chi connectivity index (χ3v) is 6.09. The Labute approximate surface area is 258 Å². The predicted molar refractivity (Wildman–Crippen MR) is 169 cm³/mol. The third kappa shape index (κ3) is 9.51. The number of carbonyl (C=O) groups excluding carboxylic acids is 1. The van der Waals surface area contributed by atoms with E-state index in [1.807, 2.05) is 38.8 Å². The fourth-order valence-corrected chi connectivity index (χ4v) is 4.30. The first-order valence-corrected chi connectivity index (χ1v) is 13.0. The minimum atomic E-state index is -0.344. The molecule has 1 aliphatic heterocycles. The lowest BCUT2D eigenvalue weighted by Gasteiger charge is -2.20. The largest absolute Gasteiger partial charge is 0.456 e. The van der Waals surface area contributed by atoms with Gasteiger partial charge < -0.3 is 20.7 Å². The van der Waals surface area contributed by atoms with Crippen molar-refractivity contribution in [3.8, 4) is 17.6 Å². The molecule has 0 spiro atoms. The summed E-state index contributed by atoms with van der Waals surface area (Å²) in [6.45, 7) is 7.57. The van der Waals surface area contributed by atoms with Crippen LogP contribution in [0.25, 0.3) is 6.08 Å². The number of likely N-dealkylation sites (N-methyl/N-ethyl adjacent to an activating group) is 1. The summed E-state index contributed by atoms with van der Waals surface area (Å²) in [6.07, 6.45) is 4.42. The Morgan fingerprint density at radius 3 is 2.68 bits per heavy atom. The molecule has 0 unspecified atom stereocenters. The summed E-state index contributed by atoms with van der Waals surface area (Å²) < 4.78 is 6.00. The zero-order valence-corrected chi connectivity index (χ0v) is 25.7. The van der Waals surface area contributed by atoms with Gasteiger partial charge in [0.15, 0.2) is 0 Å². The maximum Gasteiger partial charge on any atom is 0.251 e. The lowest BCUT2D eigenvalue weighted by atomic mass is 10.1. The van der Waals surface area contributed by atoms with Crippen molar-refractivity contribution in [2.24, 2.45) is 0 Å². The standard InChI is InChI=1S/C29H32ClN7O2.2ClH/c1-29(2,3)36-28(38)20-6-5-7-22(15-20)39-25-9-8-21(16-24(25)30)35-27-23-14-19(17-37(4)13-11-31)10-12-32-26(23)33-18-34-27;;/h5-9,14-16,18H,10,12-13,17H2,1-4H3,(H,36,38)(H2,32,33,34,35);2*1H. The van der Waals surface area contributed by atoms with Crippen molar-refractivity contribution in [1.82, 2.24) is 20.2 Å². The molecule has 2 aromatic carbocycles. The topological polar surface area (TPSA) is 115 Å². The molecule has 9 nitrogen and oxygen atoms in total. The molecule has 0 fully saturated rings. The van der Waals surface area contributed by atoms with Crippen molar-refractivity contribution in [3.05, 3.63) is 70.5 Å². The first-order chi connectivity index (χ1) is 18.6. The van der Waals surface area contributed by atoms with Crippen LogP contribution in [0.15, 0.2) is 54.4 Å². The van der Waals surface area contributed by atoms with Crippen LogP contribution in [0.1, 0.15) is 43.1 Å². The van der Waals surface area contributed by atoms with Crippen molar-refractivity contribution in [2.75, 3.05) is 37.3 Å². The van der Waals surface area contributed by atoms with E-state index >= 15 is 0 Å². The number of fused-ring (bicyclic) bond motifs is 1. The molecule has 41 heavy (non-hydrogen) atoms. The first-order valence-electron chi connectivity index (χ1n) is 12.6. The molecule has 1 amide bonds. The number of ether oxygens (including phenoxy) is 1. The Bertz CT molecular complexity index is 1430. The molecule has 4 rings (SSSR count). The van der Waals surface area contributed by atoms with Gasteiger partial charge in [-0.25, -0.2) is 9.97 Å². The molecule has 0 bridgehead atoms. The monoisotopic (exact) mass is 617 g/mol. The van der Waals surface area contributed by atoms with Gasteiger partial charge in [0.05, 0.1) is 23.2 Å². The molecule has 12 heteroatoms. The number of amides is 1. The highest BCUT2D eigenvalue weighted by molar-refractivity contribution is 6.32. The number of anilines is 3. The maximum atomic E-state index is 12.5. The molecule has 3 N–H and O–H groups in total. The van der Waals surface area contributed by atoms with Crippen LogP contribution in [0.5, 0.6) is 11.5 Å². The van der Waals surface area contributed by atoms with E-state index in [9.17, 15) is 4.79 Å². The average molecular weight is 619 g/mol. The summed E-state index contributed by atoms with van der Waals surface area (Å²) >= 11 is 6.58. The highest BCUT2D eigenvalue weighted by Gasteiger charge is 2.17. The van der Waals surface area contributed by atoms with Gasteiger partial charge in [0.2, 0.25) is 0 Å². The summed E-state index contributed by atoms with van der Waals surface area (Å²) in [5.74, 6) is 2.17. The quantitative estimate of drug-likeness (QED) is 0.239. The van der Waals surface area contributed by atoms with Gasteiger partial charge in [-0.05, 0) is 76.7 Å². The van der Waals surface area contributed by atoms with Crippen LogP contribution in [0.2, 0.25) is 5.02 Å². The second-order valence-electron chi connectivity index (χ2n) is 10.4. The molecular weight excluding hydrogens is 585 g/mol. The number of nitriles is 1. The van der Waals surface area contributed by atoms with Crippen molar-refractivity contribution < 1.29 is 9.53 Å². The van der Waals surface area contributed by atoms with Gasteiger partial charge in [-0.3, -0.25) is 9.69 Å². The van der Waals surface area contributed by atoms with E-state index in [0.29, 0.717) is 41.0 Å². The van der Waals surface area contributed by atoms with Crippen LogP contribution in [0.4, 0.5) is 17.3 Å². The molecule has 218 valence electrons. The number of rotatable bonds is 8. The number of halogens is 3. The van der Waals surface area contributed by atoms with Gasteiger partial charge in [0.1, 0.15) is 29.5 Å². The minimum Gasteiger partial charge on any atom is -0.456 e. The Hall–Kier alpha value is -3.55. The summed E-state index contributed by atoms with van der Waals surface area (Å²) in [5, 5.41) is 19.0. The number of nitrogens with zero attached hydrogens (tertiary/aromatic N) is 4. The highest BCUT2D eigenvalue weighted by atomic mass is 35.5. The average Bonchev–Trinajstić information content (AvgIpc) is 3.07. The highest BCUT2D eigenvalue weighted by Crippen LogP contribution is 2.34. The third-order valence-electron chi connectivity index (χ3n) is 5.79. The molecule has 2 heterocycles. The molecule has 1 aromatic heterocycles. The summed E-state index contributed by atoms with van der Waals surface area (Å²) in [4.78, 5) is 23.4. The molecule has 3 aromatic rings. The predicted octanol–water partition coefficient (Wildman–Crippen LogP) is 6.69. The van der Waals surface area contributed by atoms with E-state index in [1.165, 1.54) is 11.9 Å². The van der Waals surface area contributed by atoms with Crippen LogP contribution in [-0.4, -0.2) is 53.0 Å². The number of nitrogens with one attached hydrogen (secondary N) is 3. The van der Waals surface area contributed by atoms with Crippen LogP contribution >= 0.6 is 36.4 Å². The Kier molecular flexibility index (Phi) is 12.2. The number of aromatic nitrogens is 2. The molecular formula is C29H34Cl3N7O2. The minimum absolute atomic E-state index is 0. The normalized spacial score (nSPS) is 12.3. The van der Waals surface area contributed by atoms with Crippen molar-refractivity contribution in [3.63, 3.8) is 0 Å². The Morgan fingerprint density at radius 2 is 1.98 bits per heavy atom. The fraction of sp³-hybridized carbons (Fsp3) is 0.310. The van der Waals surface area contributed by atoms with Crippen molar-refractivity contribution >= 4 is 65.7 Å². The zero-order valence-electron chi connectivity index (χ0n) is 23.3. The Balaban J connectivity index is 0.00000294. The van der Waals surface area contributed by atoms with Gasteiger partial charge in [0.25, 0.3) is 5.91 Å². The number of hydrogen-bond acceptors (Lipinski definition) is 8. The lowest BCUT2D eigenvalue weighted by molar-refractivity contribution is 0.0919. The number of carbonyl (C=O) groups is 1. The first kappa shape index (κ1) is 33.7. The van der Waals surface area contributed by atoms with E-state index < -0.39 is 0 Å². The molecule has 0 aliphatic carbocycles. The zero-order chi connectivity index (χ0) is 28.0. The van der Waals surface area contributed by atoms with E-state index in [2.05, 4.69) is 38.1 Å². The van der Waals surface area contributed by atoms with Gasteiger partial charge >= 0.3 is 0 Å². The molecule has 0 radical (unpaired) electrons. The van der Waals surface area contributed by atoms with E-state index in [-0.39, 0.29) is 36.3 Å². The fourth-order valence-electron chi connectivity index (χ4n) is 4.08. The summed E-state index contributed by atoms with van der Waals surface area (Å²) in [6, 6.07) is 14.5. The SMILES string of the molecule is CN(CC#N)CC1=Cc2c(ncnc2Nc2ccc(Oc3cccc(C(=O)NC(C)(C)C)c3)c(Cl)c2)NCC1.Cl.Cl. The molecule has 0 saturated heterocycles. The molecule has 1 aliphatic rings. The van der Waals surface area contributed by atoms with Crippen LogP contribution in [0, 0.1) is 11.3 Å². The molecule has 0 saturated carbocycles. The van der Waals surface area contributed by atoms with Gasteiger partial charge in [-0.2, -0.15) is 5.26 Å². The lowest BCUT2D eigenvalue weighted by Crippen LogP contribution is -2.40. The van der Waals surface area contributed by atoms with Gasteiger partial charge in [0, 0.05) is 29.9 Å². The second-order valence-corrected chi connectivity index (χ2v) is 10.8. The molecule has 0 atom stereocenters. The van der Waals surface area contributed by atoms with E-state index in [0.717, 1.165) is 30.0 Å². The van der Waals surface area contributed by atoms with Gasteiger partial charge in [-0.15, -0.1) is 24.8 Å². The van der Waals surface area contributed by atoms with Crippen LogP contribution < -0.4 is 20.7 Å². The number of benzene rings is 2. The number of hydrogen-bond donors (Lipinski definition) is 3. The smallest absolute Gasteiger partial charge is 0.251 e. The summed E-state index contributed by atoms with van der Waals surface area (Å²) in [5.41, 5.74) is 2.91. The van der Waals surface area contributed by atoms with Crippen molar-refractivity contribution in [2.45, 2.75) is 32.7 Å². The second kappa shape index (κ2) is 14.9.